The number of aliphatic hydroxyl groups is 1. The lowest BCUT2D eigenvalue weighted by atomic mass is 9.99. The fourth-order valence-corrected chi connectivity index (χ4v) is 0.690. The first kappa shape index (κ1) is 13.9. The Bertz CT molecular complexity index is 261. The Morgan fingerprint density at radius 3 is 2.20 bits per heavy atom. The smallest absolute Gasteiger partial charge is 0.337 e. The molecule has 0 aliphatic rings. The lowest BCUT2D eigenvalue weighted by Gasteiger charge is -2.24. The molecule has 2 atom stereocenters. The Morgan fingerprint density at radius 2 is 1.87 bits per heavy atom. The summed E-state index contributed by atoms with van der Waals surface area (Å²) in [7, 11) is 0. The number of aliphatic carboxylic acids is 1. The van der Waals surface area contributed by atoms with Crippen LogP contribution in [0.2, 0.25) is 0 Å². The van der Waals surface area contributed by atoms with Crippen LogP contribution in [0.5, 0.6) is 0 Å². The van der Waals surface area contributed by atoms with Gasteiger partial charge in [-0.25, -0.2) is 4.79 Å². The summed E-state index contributed by atoms with van der Waals surface area (Å²) < 4.78 is 0. The van der Waals surface area contributed by atoms with Crippen molar-refractivity contribution in [2.24, 2.45) is 5.73 Å². The summed E-state index contributed by atoms with van der Waals surface area (Å²) in [5.41, 5.74) is 2.60. The summed E-state index contributed by atoms with van der Waals surface area (Å²) in [6.07, 6.45) is 0.425. The molecule has 1 amide bonds. The quantitative estimate of drug-likeness (QED) is 0.476. The number of carbonyl (C=O) groups is 2. The summed E-state index contributed by atoms with van der Waals surface area (Å²) in [5.74, 6) is -1.87. The van der Waals surface area contributed by atoms with Gasteiger partial charge < -0.3 is 21.3 Å². The van der Waals surface area contributed by atoms with Crippen molar-refractivity contribution in [3.63, 3.8) is 0 Å². The Morgan fingerprint density at radius 1 is 1.40 bits per heavy atom. The lowest BCUT2D eigenvalue weighted by Crippen LogP contribution is -2.55. The molecule has 0 aromatic rings. The van der Waals surface area contributed by atoms with Gasteiger partial charge in [-0.1, -0.05) is 6.92 Å². The number of nitrogens with two attached hydrogens (primary N) is 1. The van der Waals surface area contributed by atoms with E-state index in [4.69, 9.17) is 10.8 Å². The molecule has 0 aliphatic heterocycles. The summed E-state index contributed by atoms with van der Waals surface area (Å²) in [6.45, 7) is 4.02. The molecule has 88 valence electrons. The van der Waals surface area contributed by atoms with Gasteiger partial charge in [0.15, 0.2) is 5.60 Å². The highest BCUT2D eigenvalue weighted by Gasteiger charge is 2.33. The van der Waals surface area contributed by atoms with E-state index in [9.17, 15) is 14.7 Å². The van der Waals surface area contributed by atoms with Crippen LogP contribution in [-0.2, 0) is 9.59 Å². The molecule has 0 bridgehead atoms. The molecule has 0 aliphatic carbocycles. The molecule has 0 aromatic carbocycles. The largest absolute Gasteiger partial charge is 0.479 e. The second-order valence-electron chi connectivity index (χ2n) is 4.03. The molecule has 6 heteroatoms. The number of carboxylic acid groups (broad SMARTS) is 1. The van der Waals surface area contributed by atoms with E-state index in [0.29, 0.717) is 6.42 Å². The fourth-order valence-electron chi connectivity index (χ4n) is 0.690. The van der Waals surface area contributed by atoms with Gasteiger partial charge in [0.05, 0.1) is 12.1 Å². The number of hydrogen-bond acceptors (Lipinski definition) is 4. The Kier molecular flexibility index (Phi) is 4.24. The highest BCUT2D eigenvalue weighted by Crippen LogP contribution is 2.06. The van der Waals surface area contributed by atoms with Gasteiger partial charge in [-0.05, 0) is 20.3 Å². The van der Waals surface area contributed by atoms with Crippen LogP contribution in [0.4, 0.5) is 0 Å². The second-order valence-corrected chi connectivity index (χ2v) is 4.03. The minimum Gasteiger partial charge on any atom is -0.479 e. The molecule has 0 heterocycles. The van der Waals surface area contributed by atoms with Crippen LogP contribution in [0.1, 0.15) is 27.2 Å². The first-order valence-electron chi connectivity index (χ1n) is 4.66. The number of carboxylic acids is 1. The van der Waals surface area contributed by atoms with Crippen molar-refractivity contribution in [3.8, 4) is 0 Å². The van der Waals surface area contributed by atoms with Gasteiger partial charge in [-0.3, -0.25) is 4.79 Å². The van der Waals surface area contributed by atoms with Gasteiger partial charge in [0.25, 0.3) is 0 Å². The third kappa shape index (κ3) is 3.85. The zero-order valence-electron chi connectivity index (χ0n) is 9.20. The molecule has 15 heavy (non-hydrogen) atoms. The summed E-state index contributed by atoms with van der Waals surface area (Å²) >= 11 is 0. The molecule has 0 saturated heterocycles. The van der Waals surface area contributed by atoms with E-state index in [2.05, 4.69) is 5.32 Å². The zero-order chi connectivity index (χ0) is 12.3. The maximum Gasteiger partial charge on any atom is 0.337 e. The van der Waals surface area contributed by atoms with Gasteiger partial charge in [0.2, 0.25) is 5.91 Å². The van der Waals surface area contributed by atoms with Crippen LogP contribution in [0.25, 0.3) is 0 Å². The number of rotatable bonds is 5. The molecule has 0 spiro atoms. The monoisotopic (exact) mass is 218 g/mol. The van der Waals surface area contributed by atoms with E-state index in [1.54, 1.807) is 6.92 Å². The molecule has 6 nitrogen and oxygen atoms in total. The maximum atomic E-state index is 11.4. The van der Waals surface area contributed by atoms with E-state index in [-0.39, 0.29) is 6.54 Å². The van der Waals surface area contributed by atoms with Crippen LogP contribution < -0.4 is 11.1 Å². The average molecular weight is 218 g/mol. The lowest BCUT2D eigenvalue weighted by molar-refractivity contribution is -0.156. The molecule has 2 unspecified atom stereocenters. The van der Waals surface area contributed by atoms with Gasteiger partial charge in [0.1, 0.15) is 0 Å². The average Bonchev–Trinajstić information content (AvgIpc) is 2.13. The summed E-state index contributed by atoms with van der Waals surface area (Å²) in [4.78, 5) is 21.9. The van der Waals surface area contributed by atoms with Crippen molar-refractivity contribution in [1.29, 1.82) is 0 Å². The predicted molar refractivity (Wildman–Crippen MR) is 54.2 cm³/mol. The standard InChI is InChI=1S/C9H18N2O4/c1-4-8(2,10)6(12)11-5-9(3,15)7(13)14/h15H,4-5,10H2,1-3H3,(H,11,12)(H,13,14). The van der Waals surface area contributed by atoms with Crippen molar-refractivity contribution >= 4 is 11.9 Å². The third-order valence-electron chi connectivity index (χ3n) is 2.31. The summed E-state index contributed by atoms with van der Waals surface area (Å²) in [5, 5.41) is 20.2. The second kappa shape index (κ2) is 4.59. The molecule has 0 fully saturated rings. The Hall–Kier alpha value is -1.14. The molecular weight excluding hydrogens is 200 g/mol. The molecule has 0 aromatic heterocycles. The van der Waals surface area contributed by atoms with E-state index >= 15 is 0 Å². The highest BCUT2D eigenvalue weighted by atomic mass is 16.4. The van der Waals surface area contributed by atoms with E-state index < -0.39 is 23.0 Å². The topological polar surface area (TPSA) is 113 Å². The number of hydrogen-bond donors (Lipinski definition) is 4. The molecule has 5 N–H and O–H groups in total. The Labute approximate surface area is 88.5 Å². The van der Waals surface area contributed by atoms with Crippen molar-refractivity contribution in [1.82, 2.24) is 5.32 Å². The van der Waals surface area contributed by atoms with Gasteiger partial charge in [-0.15, -0.1) is 0 Å². The van der Waals surface area contributed by atoms with Crippen LogP contribution in [-0.4, -0.2) is 39.8 Å². The van der Waals surface area contributed by atoms with E-state index in [1.165, 1.54) is 6.92 Å². The van der Waals surface area contributed by atoms with Crippen LogP contribution in [0.3, 0.4) is 0 Å². The molecule has 0 rings (SSSR count). The normalized spacial score (nSPS) is 18.7. The summed E-state index contributed by atoms with van der Waals surface area (Å²) in [6, 6.07) is 0. The van der Waals surface area contributed by atoms with Crippen molar-refractivity contribution in [3.05, 3.63) is 0 Å². The van der Waals surface area contributed by atoms with Crippen molar-refractivity contribution in [2.45, 2.75) is 38.3 Å². The number of nitrogens with one attached hydrogen (secondary N) is 1. The van der Waals surface area contributed by atoms with E-state index in [0.717, 1.165) is 6.92 Å². The third-order valence-corrected chi connectivity index (χ3v) is 2.31. The minimum atomic E-state index is -1.97. The fraction of sp³-hybridized carbons (Fsp3) is 0.778. The first-order valence-corrected chi connectivity index (χ1v) is 4.66. The van der Waals surface area contributed by atoms with Gasteiger partial charge in [-0.2, -0.15) is 0 Å². The Balaban J connectivity index is 4.30. The van der Waals surface area contributed by atoms with Crippen molar-refractivity contribution < 1.29 is 19.8 Å². The van der Waals surface area contributed by atoms with Crippen LogP contribution in [0, 0.1) is 0 Å². The highest BCUT2D eigenvalue weighted by molar-refractivity contribution is 5.86. The minimum absolute atomic E-state index is 0.367. The van der Waals surface area contributed by atoms with E-state index in [1.807, 2.05) is 0 Å². The van der Waals surface area contributed by atoms with Crippen LogP contribution >= 0.6 is 0 Å². The number of amides is 1. The van der Waals surface area contributed by atoms with Gasteiger partial charge in [0, 0.05) is 0 Å². The molecule has 0 radical (unpaired) electrons. The number of carbonyl (C=O) groups excluding carboxylic acids is 1. The van der Waals surface area contributed by atoms with Crippen LogP contribution in [0.15, 0.2) is 0 Å². The van der Waals surface area contributed by atoms with Crippen molar-refractivity contribution in [2.75, 3.05) is 6.54 Å². The first-order chi connectivity index (χ1) is 6.63. The SMILES string of the molecule is CCC(C)(N)C(=O)NCC(C)(O)C(=O)O. The predicted octanol–water partition coefficient (Wildman–Crippen LogP) is -0.934. The molecule has 0 saturated carbocycles. The maximum absolute atomic E-state index is 11.4. The molecular formula is C9H18N2O4. The zero-order valence-corrected chi connectivity index (χ0v) is 9.20. The van der Waals surface area contributed by atoms with Gasteiger partial charge >= 0.3 is 5.97 Å².